The lowest BCUT2D eigenvalue weighted by Crippen LogP contribution is -2.42. The van der Waals surface area contributed by atoms with Gasteiger partial charge in [0, 0.05) is 12.6 Å². The Morgan fingerprint density at radius 3 is 2.53 bits per heavy atom. The van der Waals surface area contributed by atoms with Gasteiger partial charge < -0.3 is 10.1 Å². The third-order valence-corrected chi connectivity index (χ3v) is 5.93. The average Bonchev–Trinajstić information content (AvgIpc) is 2.96. The molecule has 1 fully saturated rings. The van der Waals surface area contributed by atoms with Gasteiger partial charge >= 0.3 is 5.97 Å². The molecule has 0 aromatic heterocycles. The van der Waals surface area contributed by atoms with E-state index in [-0.39, 0.29) is 35.6 Å². The maximum Gasteiger partial charge on any atom is 0.338 e. The molecule has 30 heavy (non-hydrogen) atoms. The first kappa shape index (κ1) is 22.0. The number of carbonyl (C=O) groups is 4. The van der Waals surface area contributed by atoms with Gasteiger partial charge in [0.15, 0.2) is 6.61 Å². The Kier molecular flexibility index (Phi) is 6.90. The second-order valence-electron chi connectivity index (χ2n) is 8.72. The standard InChI is InChI=1S/C23H30N2O5/c1-14(2)10-11-25-21(27)17-9-8-16(12-18(17)22(25)28)23(29)30-13-20(26)24-19-7-5-4-6-15(19)3/h8-9,12,14-15,19H,4-7,10-11,13H2,1-3H3,(H,24,26)/t15-,19-/m1/s1. The molecule has 0 radical (unpaired) electrons. The molecular formula is C23H30N2O5. The van der Waals surface area contributed by atoms with Gasteiger partial charge in [0.1, 0.15) is 0 Å². The lowest BCUT2D eigenvalue weighted by Gasteiger charge is -2.29. The third-order valence-electron chi connectivity index (χ3n) is 5.93. The minimum Gasteiger partial charge on any atom is -0.452 e. The maximum atomic E-state index is 12.6. The zero-order valence-electron chi connectivity index (χ0n) is 17.9. The van der Waals surface area contributed by atoms with Crippen LogP contribution in [0.2, 0.25) is 0 Å². The highest BCUT2D eigenvalue weighted by molar-refractivity contribution is 6.22. The third kappa shape index (κ3) is 4.89. The van der Waals surface area contributed by atoms with E-state index < -0.39 is 11.9 Å². The molecule has 1 heterocycles. The van der Waals surface area contributed by atoms with E-state index >= 15 is 0 Å². The minimum absolute atomic E-state index is 0.116. The molecule has 162 valence electrons. The summed E-state index contributed by atoms with van der Waals surface area (Å²) in [6, 6.07) is 4.43. The summed E-state index contributed by atoms with van der Waals surface area (Å²) in [6.07, 6.45) is 5.01. The van der Waals surface area contributed by atoms with Gasteiger partial charge in [-0.2, -0.15) is 0 Å². The van der Waals surface area contributed by atoms with Crippen LogP contribution in [0.25, 0.3) is 0 Å². The van der Waals surface area contributed by atoms with Crippen molar-refractivity contribution in [1.29, 1.82) is 0 Å². The monoisotopic (exact) mass is 414 g/mol. The Balaban J connectivity index is 1.58. The number of esters is 1. The summed E-state index contributed by atoms with van der Waals surface area (Å²) >= 11 is 0. The number of rotatable bonds is 7. The van der Waals surface area contributed by atoms with Crippen LogP contribution in [-0.4, -0.2) is 47.8 Å². The van der Waals surface area contributed by atoms with Crippen molar-refractivity contribution in [3.8, 4) is 0 Å². The number of carbonyl (C=O) groups excluding carboxylic acids is 4. The van der Waals surface area contributed by atoms with E-state index in [2.05, 4.69) is 12.2 Å². The molecule has 1 aliphatic carbocycles. The average molecular weight is 415 g/mol. The number of hydrogen-bond donors (Lipinski definition) is 1. The predicted molar refractivity (Wildman–Crippen MR) is 111 cm³/mol. The predicted octanol–water partition coefficient (Wildman–Crippen LogP) is 3.18. The highest BCUT2D eigenvalue weighted by Crippen LogP contribution is 2.25. The van der Waals surface area contributed by atoms with E-state index in [1.165, 1.54) is 29.5 Å². The zero-order valence-corrected chi connectivity index (χ0v) is 17.9. The van der Waals surface area contributed by atoms with E-state index in [0.29, 0.717) is 23.9 Å². The second-order valence-corrected chi connectivity index (χ2v) is 8.72. The molecule has 1 N–H and O–H groups in total. The van der Waals surface area contributed by atoms with Gasteiger partial charge in [-0.25, -0.2) is 4.79 Å². The van der Waals surface area contributed by atoms with Crippen molar-refractivity contribution in [2.75, 3.05) is 13.2 Å². The molecule has 1 aromatic carbocycles. The first-order valence-electron chi connectivity index (χ1n) is 10.7. The number of nitrogens with one attached hydrogen (secondary N) is 1. The molecule has 1 aliphatic heterocycles. The summed E-state index contributed by atoms with van der Waals surface area (Å²) in [5.41, 5.74) is 0.655. The van der Waals surface area contributed by atoms with Gasteiger partial charge in [0.25, 0.3) is 17.7 Å². The lowest BCUT2D eigenvalue weighted by molar-refractivity contribution is -0.125. The first-order valence-corrected chi connectivity index (χ1v) is 10.7. The summed E-state index contributed by atoms with van der Waals surface area (Å²) < 4.78 is 5.13. The van der Waals surface area contributed by atoms with Gasteiger partial charge in [0.2, 0.25) is 0 Å². The number of fused-ring (bicyclic) bond motifs is 1. The molecule has 7 nitrogen and oxygen atoms in total. The van der Waals surface area contributed by atoms with Crippen molar-refractivity contribution in [3.63, 3.8) is 0 Å². The maximum absolute atomic E-state index is 12.6. The fraction of sp³-hybridized carbons (Fsp3) is 0.565. The molecule has 3 rings (SSSR count). The molecule has 2 aliphatic rings. The van der Waals surface area contributed by atoms with Crippen LogP contribution in [0.1, 0.15) is 83.9 Å². The smallest absolute Gasteiger partial charge is 0.338 e. The van der Waals surface area contributed by atoms with E-state index in [4.69, 9.17) is 4.74 Å². The second kappa shape index (κ2) is 9.41. The molecule has 1 aromatic rings. The highest BCUT2D eigenvalue weighted by atomic mass is 16.5. The van der Waals surface area contributed by atoms with Crippen molar-refractivity contribution in [1.82, 2.24) is 10.2 Å². The molecule has 0 spiro atoms. The van der Waals surface area contributed by atoms with Gasteiger partial charge in [-0.05, 0) is 49.3 Å². The van der Waals surface area contributed by atoms with Crippen molar-refractivity contribution in [3.05, 3.63) is 34.9 Å². The van der Waals surface area contributed by atoms with Crippen molar-refractivity contribution in [2.24, 2.45) is 11.8 Å². The van der Waals surface area contributed by atoms with Crippen LogP contribution in [0.3, 0.4) is 0 Å². The molecule has 2 atom stereocenters. The molecule has 0 unspecified atom stereocenters. The van der Waals surface area contributed by atoms with Crippen molar-refractivity contribution >= 4 is 23.7 Å². The normalized spacial score (nSPS) is 21.0. The van der Waals surface area contributed by atoms with Gasteiger partial charge in [-0.1, -0.05) is 33.6 Å². The molecule has 7 heteroatoms. The van der Waals surface area contributed by atoms with Crippen LogP contribution in [0.15, 0.2) is 18.2 Å². The number of benzene rings is 1. The number of nitrogens with zero attached hydrogens (tertiary/aromatic N) is 1. The van der Waals surface area contributed by atoms with Gasteiger partial charge in [-0.3, -0.25) is 19.3 Å². The van der Waals surface area contributed by atoms with Crippen LogP contribution in [0, 0.1) is 11.8 Å². The summed E-state index contributed by atoms with van der Waals surface area (Å²) in [5.74, 6) is -0.967. The molecule has 0 saturated heterocycles. The fourth-order valence-corrected chi connectivity index (χ4v) is 4.00. The van der Waals surface area contributed by atoms with E-state index in [0.717, 1.165) is 25.7 Å². The number of ether oxygens (including phenoxy) is 1. The van der Waals surface area contributed by atoms with E-state index in [1.807, 2.05) is 13.8 Å². The van der Waals surface area contributed by atoms with Crippen LogP contribution in [0.4, 0.5) is 0 Å². The fourth-order valence-electron chi connectivity index (χ4n) is 4.00. The largest absolute Gasteiger partial charge is 0.452 e. The van der Waals surface area contributed by atoms with Crippen LogP contribution >= 0.6 is 0 Å². The van der Waals surface area contributed by atoms with E-state index in [1.54, 1.807) is 0 Å². The summed E-state index contributed by atoms with van der Waals surface area (Å²) in [4.78, 5) is 50.8. The zero-order chi connectivity index (χ0) is 21.8. The molecule has 1 saturated carbocycles. The first-order chi connectivity index (χ1) is 14.3. The Hall–Kier alpha value is -2.70. The van der Waals surface area contributed by atoms with Crippen LogP contribution in [0.5, 0.6) is 0 Å². The Labute approximate surface area is 177 Å². The minimum atomic E-state index is -0.689. The van der Waals surface area contributed by atoms with E-state index in [9.17, 15) is 19.2 Å². The molecule has 3 amide bonds. The Bertz CT molecular complexity index is 848. The van der Waals surface area contributed by atoms with Gasteiger partial charge in [0.05, 0.1) is 16.7 Å². The summed E-state index contributed by atoms with van der Waals surface area (Å²) in [6.45, 7) is 6.15. The van der Waals surface area contributed by atoms with Gasteiger partial charge in [-0.15, -0.1) is 0 Å². The molecule has 0 bridgehead atoms. The number of amides is 3. The Morgan fingerprint density at radius 2 is 1.83 bits per heavy atom. The quantitative estimate of drug-likeness (QED) is 0.546. The van der Waals surface area contributed by atoms with Crippen molar-refractivity contribution in [2.45, 2.75) is 58.9 Å². The highest BCUT2D eigenvalue weighted by Gasteiger charge is 2.36. The van der Waals surface area contributed by atoms with Crippen LogP contribution < -0.4 is 5.32 Å². The van der Waals surface area contributed by atoms with Crippen molar-refractivity contribution < 1.29 is 23.9 Å². The number of hydrogen-bond acceptors (Lipinski definition) is 5. The summed E-state index contributed by atoms with van der Waals surface area (Å²) in [7, 11) is 0. The topological polar surface area (TPSA) is 92.8 Å². The number of imide groups is 1. The SMILES string of the molecule is CC(C)CCN1C(=O)c2ccc(C(=O)OCC(=O)N[C@@H]3CCCC[C@H]3C)cc2C1=O. The lowest BCUT2D eigenvalue weighted by atomic mass is 9.86. The molecular weight excluding hydrogens is 384 g/mol. The van der Waals surface area contributed by atoms with Crippen LogP contribution in [-0.2, 0) is 9.53 Å². The Morgan fingerprint density at radius 1 is 1.13 bits per heavy atom. The summed E-state index contributed by atoms with van der Waals surface area (Å²) in [5, 5.41) is 2.94.